The number of sulfonamides is 1. The number of rotatable bonds is 7. The van der Waals surface area contributed by atoms with E-state index in [1.807, 2.05) is 0 Å². The molecule has 39 heavy (non-hydrogen) atoms. The molecule has 204 valence electrons. The molecule has 0 radical (unpaired) electrons. The Bertz CT molecular complexity index is 1660. The van der Waals surface area contributed by atoms with Crippen molar-refractivity contribution in [2.45, 2.75) is 18.7 Å². The van der Waals surface area contributed by atoms with E-state index in [-0.39, 0.29) is 34.4 Å². The molecule has 1 N–H and O–H groups in total. The van der Waals surface area contributed by atoms with Crippen LogP contribution < -0.4 is 5.32 Å². The van der Waals surface area contributed by atoms with Crippen LogP contribution in [0.4, 0.5) is 10.1 Å². The number of benzene rings is 2. The monoisotopic (exact) mass is 572 g/mol. The summed E-state index contributed by atoms with van der Waals surface area (Å²) in [5.74, 6) is -1.76. The van der Waals surface area contributed by atoms with Gasteiger partial charge in [-0.15, -0.1) is 11.3 Å². The van der Waals surface area contributed by atoms with E-state index in [4.69, 9.17) is 9.47 Å². The molecule has 0 unspecified atom stereocenters. The van der Waals surface area contributed by atoms with Crippen molar-refractivity contribution in [1.82, 2.24) is 14.1 Å². The van der Waals surface area contributed by atoms with Crippen molar-refractivity contribution in [3.63, 3.8) is 0 Å². The van der Waals surface area contributed by atoms with Gasteiger partial charge in [-0.1, -0.05) is 6.07 Å². The molecular formula is C26H25FN4O6S2. The fourth-order valence-corrected chi connectivity index (χ4v) is 6.88. The van der Waals surface area contributed by atoms with Gasteiger partial charge < -0.3 is 14.8 Å². The number of ether oxygens (including phenoxy) is 2. The van der Waals surface area contributed by atoms with Crippen LogP contribution in [-0.2, 0) is 24.3 Å². The number of halogens is 1. The predicted molar refractivity (Wildman–Crippen MR) is 143 cm³/mol. The number of thiophene rings is 1. The van der Waals surface area contributed by atoms with Gasteiger partial charge in [0.1, 0.15) is 20.4 Å². The molecule has 1 amide bonds. The number of hydrogen-bond donors (Lipinski definition) is 1. The van der Waals surface area contributed by atoms with Gasteiger partial charge in [-0.25, -0.2) is 22.3 Å². The van der Waals surface area contributed by atoms with Crippen LogP contribution in [0.25, 0.3) is 15.9 Å². The Labute approximate surface area is 228 Å². The van der Waals surface area contributed by atoms with Gasteiger partial charge in [0.25, 0.3) is 5.91 Å². The number of morpholine rings is 1. The molecule has 1 aliphatic rings. The molecule has 5 rings (SSSR count). The van der Waals surface area contributed by atoms with Gasteiger partial charge in [-0.3, -0.25) is 4.79 Å². The van der Waals surface area contributed by atoms with Crippen LogP contribution >= 0.6 is 11.3 Å². The number of carbonyl (C=O) groups is 2. The van der Waals surface area contributed by atoms with Crippen LogP contribution in [0.1, 0.15) is 20.9 Å². The van der Waals surface area contributed by atoms with Crippen LogP contribution in [0.5, 0.6) is 0 Å². The Balaban J connectivity index is 1.29. The number of fused-ring (bicyclic) bond motifs is 1. The van der Waals surface area contributed by atoms with E-state index in [9.17, 15) is 22.4 Å². The molecule has 0 spiro atoms. The molecule has 1 saturated heterocycles. The summed E-state index contributed by atoms with van der Waals surface area (Å²) in [6, 6.07) is 12.1. The Morgan fingerprint density at radius 1 is 1.10 bits per heavy atom. The highest BCUT2D eigenvalue weighted by Gasteiger charge is 2.29. The largest absolute Gasteiger partial charge is 0.451 e. The van der Waals surface area contributed by atoms with Crippen LogP contribution in [-0.4, -0.2) is 67.3 Å². The predicted octanol–water partition coefficient (Wildman–Crippen LogP) is 3.66. The molecule has 1 fully saturated rings. The molecule has 0 atom stereocenters. The van der Waals surface area contributed by atoms with Crippen LogP contribution in [0.3, 0.4) is 0 Å². The first-order valence-corrected chi connectivity index (χ1v) is 14.3. The van der Waals surface area contributed by atoms with Crippen molar-refractivity contribution in [3.05, 3.63) is 70.5 Å². The number of anilines is 1. The number of hydrogen-bond acceptors (Lipinski definition) is 8. The minimum Gasteiger partial charge on any atom is -0.451 e. The maximum atomic E-state index is 13.3. The summed E-state index contributed by atoms with van der Waals surface area (Å²) in [7, 11) is -3.87. The quantitative estimate of drug-likeness (QED) is 0.336. The normalized spacial score (nSPS) is 14.4. The van der Waals surface area contributed by atoms with Gasteiger partial charge in [0.2, 0.25) is 10.0 Å². The summed E-state index contributed by atoms with van der Waals surface area (Å²) < 4.78 is 53.2. The lowest BCUT2D eigenvalue weighted by Crippen LogP contribution is -2.41. The molecular weight excluding hydrogens is 547 g/mol. The van der Waals surface area contributed by atoms with E-state index in [2.05, 4.69) is 10.4 Å². The van der Waals surface area contributed by atoms with E-state index < -0.39 is 28.5 Å². The lowest BCUT2D eigenvalue weighted by Gasteiger charge is -2.27. The van der Waals surface area contributed by atoms with Gasteiger partial charge in [-0.05, 0) is 61.9 Å². The molecule has 0 aliphatic carbocycles. The molecule has 0 saturated carbocycles. The fourth-order valence-electron chi connectivity index (χ4n) is 4.17. The number of nitrogens with one attached hydrogen (secondary N) is 1. The first-order valence-electron chi connectivity index (χ1n) is 12.0. The summed E-state index contributed by atoms with van der Waals surface area (Å²) in [6.07, 6.45) is 0. The van der Waals surface area contributed by atoms with Gasteiger partial charge in [0.05, 0.1) is 30.3 Å². The highest BCUT2D eigenvalue weighted by molar-refractivity contribution is 7.89. The van der Waals surface area contributed by atoms with E-state index >= 15 is 0 Å². The third-order valence-electron chi connectivity index (χ3n) is 6.15. The topological polar surface area (TPSA) is 120 Å². The Kier molecular flexibility index (Phi) is 7.49. The highest BCUT2D eigenvalue weighted by Crippen LogP contribution is 2.31. The van der Waals surface area contributed by atoms with Gasteiger partial charge >= 0.3 is 5.97 Å². The highest BCUT2D eigenvalue weighted by atomic mass is 32.2. The second-order valence-corrected chi connectivity index (χ2v) is 11.9. The summed E-state index contributed by atoms with van der Waals surface area (Å²) in [5.41, 5.74) is 2.13. The van der Waals surface area contributed by atoms with E-state index in [0.717, 1.165) is 16.7 Å². The SMILES string of the molecule is Cc1ccc(NC(=O)COC(=O)c2cc3c(C)nn(-c4ccc(F)cc4)c3s2)c(S(=O)(=O)N2CCOCC2)c1. The number of aryl methyl sites for hydroxylation is 2. The summed E-state index contributed by atoms with van der Waals surface area (Å²) in [6.45, 7) is 3.96. The molecule has 1 aliphatic heterocycles. The number of esters is 1. The maximum absolute atomic E-state index is 13.3. The number of carbonyl (C=O) groups excluding carboxylic acids is 2. The number of aromatic nitrogens is 2. The van der Waals surface area contributed by atoms with E-state index in [1.54, 1.807) is 42.8 Å². The second kappa shape index (κ2) is 10.8. The zero-order chi connectivity index (χ0) is 27.7. The first kappa shape index (κ1) is 26.9. The van der Waals surface area contributed by atoms with Crippen molar-refractivity contribution in [2.24, 2.45) is 0 Å². The summed E-state index contributed by atoms with van der Waals surface area (Å²) >= 11 is 1.14. The standard InChI is InChI=1S/C26H25FN4O6S2/c1-16-3-8-21(23(13-16)39(34,35)30-9-11-36-12-10-30)28-24(32)15-37-26(33)22-14-20-17(2)29-31(25(20)38-22)19-6-4-18(27)5-7-19/h3-8,13-14H,9-12,15H2,1-2H3,(H,28,32). The molecule has 2 aromatic heterocycles. The second-order valence-electron chi connectivity index (χ2n) is 8.94. The van der Waals surface area contributed by atoms with Crippen molar-refractivity contribution >= 4 is 49.1 Å². The molecule has 13 heteroatoms. The third-order valence-corrected chi connectivity index (χ3v) is 9.18. The molecule has 3 heterocycles. The van der Waals surface area contributed by atoms with Crippen molar-refractivity contribution in [1.29, 1.82) is 0 Å². The van der Waals surface area contributed by atoms with Crippen molar-refractivity contribution in [2.75, 3.05) is 38.2 Å². The zero-order valence-corrected chi connectivity index (χ0v) is 22.8. The molecule has 10 nitrogen and oxygen atoms in total. The van der Waals surface area contributed by atoms with Crippen LogP contribution in [0.2, 0.25) is 0 Å². The van der Waals surface area contributed by atoms with Crippen molar-refractivity contribution < 1.29 is 31.9 Å². The first-order chi connectivity index (χ1) is 18.6. The number of nitrogens with zero attached hydrogens (tertiary/aromatic N) is 3. The van der Waals surface area contributed by atoms with E-state index in [1.165, 1.54) is 28.6 Å². The van der Waals surface area contributed by atoms with Gasteiger partial charge in [0.15, 0.2) is 6.61 Å². The summed E-state index contributed by atoms with van der Waals surface area (Å²) in [4.78, 5) is 26.3. The molecule has 4 aromatic rings. The lowest BCUT2D eigenvalue weighted by molar-refractivity contribution is -0.119. The Morgan fingerprint density at radius 3 is 2.54 bits per heavy atom. The Hall–Kier alpha value is -3.65. The summed E-state index contributed by atoms with van der Waals surface area (Å²) in [5, 5.41) is 7.76. The van der Waals surface area contributed by atoms with Gasteiger partial charge in [0, 0.05) is 18.5 Å². The van der Waals surface area contributed by atoms with Crippen molar-refractivity contribution in [3.8, 4) is 5.69 Å². The minimum absolute atomic E-state index is 0.0330. The Morgan fingerprint density at radius 2 is 1.82 bits per heavy atom. The lowest BCUT2D eigenvalue weighted by atomic mass is 10.2. The average molecular weight is 573 g/mol. The average Bonchev–Trinajstić information content (AvgIpc) is 3.50. The minimum atomic E-state index is -3.87. The smallest absolute Gasteiger partial charge is 0.348 e. The number of amides is 1. The molecule has 0 bridgehead atoms. The maximum Gasteiger partial charge on any atom is 0.348 e. The molecule has 2 aromatic carbocycles. The zero-order valence-electron chi connectivity index (χ0n) is 21.1. The van der Waals surface area contributed by atoms with Crippen LogP contribution in [0.15, 0.2) is 53.4 Å². The van der Waals surface area contributed by atoms with E-state index in [0.29, 0.717) is 35.0 Å². The fraction of sp³-hybridized carbons (Fsp3) is 0.269. The van der Waals surface area contributed by atoms with Crippen LogP contribution in [0, 0.1) is 19.7 Å². The third kappa shape index (κ3) is 5.57. The van der Waals surface area contributed by atoms with Gasteiger partial charge in [-0.2, -0.15) is 9.40 Å².